The Morgan fingerprint density at radius 3 is 2.48 bits per heavy atom. The second kappa shape index (κ2) is 6.55. The topological polar surface area (TPSA) is 47.3 Å². The van der Waals surface area contributed by atoms with E-state index in [9.17, 15) is 0 Å². The minimum absolute atomic E-state index is 0.0257. The monoisotopic (exact) mass is 296 g/mol. The van der Waals surface area contributed by atoms with E-state index in [1.165, 1.54) is 44.9 Å². The van der Waals surface area contributed by atoms with Gasteiger partial charge in [-0.3, -0.25) is 0 Å². The van der Waals surface area contributed by atoms with Gasteiger partial charge < -0.3 is 15.8 Å². The van der Waals surface area contributed by atoms with E-state index in [0.717, 1.165) is 25.6 Å². The molecule has 1 aliphatic carbocycles. The van der Waals surface area contributed by atoms with Crippen molar-refractivity contribution in [3.05, 3.63) is 0 Å². The Morgan fingerprint density at radius 1 is 1.14 bits per heavy atom. The highest BCUT2D eigenvalue weighted by atomic mass is 16.5. The largest absolute Gasteiger partial charge is 0.374 e. The summed E-state index contributed by atoms with van der Waals surface area (Å²) in [7, 11) is 0. The fraction of sp³-hybridized carbons (Fsp3) is 1.00. The van der Waals surface area contributed by atoms with E-state index < -0.39 is 0 Å². The highest BCUT2D eigenvalue weighted by molar-refractivity contribution is 4.96. The summed E-state index contributed by atoms with van der Waals surface area (Å²) >= 11 is 0. The van der Waals surface area contributed by atoms with Crippen molar-refractivity contribution in [3.8, 4) is 0 Å². The highest BCUT2D eigenvalue weighted by Gasteiger charge is 2.38. The first-order valence-corrected chi connectivity index (χ1v) is 8.88. The minimum atomic E-state index is 0.0257. The molecule has 3 nitrogen and oxygen atoms in total. The Bertz CT molecular complexity index is 331. The van der Waals surface area contributed by atoms with Crippen LogP contribution in [0.4, 0.5) is 0 Å². The minimum Gasteiger partial charge on any atom is -0.374 e. The molecule has 3 N–H and O–H groups in total. The van der Waals surface area contributed by atoms with Gasteiger partial charge >= 0.3 is 0 Å². The average Bonchev–Trinajstić information content (AvgIpc) is 2.73. The van der Waals surface area contributed by atoms with Gasteiger partial charge in [0, 0.05) is 25.2 Å². The number of rotatable bonds is 4. The van der Waals surface area contributed by atoms with E-state index in [1.807, 2.05) is 0 Å². The predicted molar refractivity (Wildman–Crippen MR) is 89.4 cm³/mol. The van der Waals surface area contributed by atoms with Gasteiger partial charge in [-0.15, -0.1) is 0 Å². The Labute approximate surface area is 131 Å². The van der Waals surface area contributed by atoms with Gasteiger partial charge in [0.05, 0.1) is 5.60 Å². The highest BCUT2D eigenvalue weighted by Crippen LogP contribution is 2.39. The summed E-state index contributed by atoms with van der Waals surface area (Å²) in [6.07, 6.45) is 8.73. The van der Waals surface area contributed by atoms with Crippen molar-refractivity contribution in [2.45, 2.75) is 83.8 Å². The van der Waals surface area contributed by atoms with Crippen LogP contribution in [-0.4, -0.2) is 30.8 Å². The maximum absolute atomic E-state index is 6.19. The van der Waals surface area contributed by atoms with Crippen molar-refractivity contribution in [2.24, 2.45) is 17.1 Å². The average molecular weight is 296 g/mol. The first-order valence-electron chi connectivity index (χ1n) is 8.88. The van der Waals surface area contributed by atoms with Crippen LogP contribution in [0.15, 0.2) is 0 Å². The maximum Gasteiger partial charge on any atom is 0.0779 e. The molecule has 2 rings (SSSR count). The molecule has 2 aliphatic rings. The molecule has 0 bridgehead atoms. The van der Waals surface area contributed by atoms with Crippen LogP contribution in [0, 0.1) is 11.3 Å². The summed E-state index contributed by atoms with van der Waals surface area (Å²) in [4.78, 5) is 0. The summed E-state index contributed by atoms with van der Waals surface area (Å²) in [5, 5.41) is 3.83. The van der Waals surface area contributed by atoms with Crippen LogP contribution >= 0.6 is 0 Å². The van der Waals surface area contributed by atoms with Gasteiger partial charge in [-0.1, -0.05) is 27.2 Å². The zero-order chi connectivity index (χ0) is 15.6. The van der Waals surface area contributed by atoms with Crippen LogP contribution in [0.1, 0.15) is 72.6 Å². The first kappa shape index (κ1) is 17.2. The van der Waals surface area contributed by atoms with Crippen LogP contribution in [0.25, 0.3) is 0 Å². The van der Waals surface area contributed by atoms with Crippen molar-refractivity contribution in [3.63, 3.8) is 0 Å². The lowest BCUT2D eigenvalue weighted by Gasteiger charge is -2.37. The fourth-order valence-electron chi connectivity index (χ4n) is 4.08. The molecule has 3 heteroatoms. The van der Waals surface area contributed by atoms with Gasteiger partial charge in [-0.25, -0.2) is 0 Å². The maximum atomic E-state index is 6.19. The van der Waals surface area contributed by atoms with Gasteiger partial charge in [-0.2, -0.15) is 0 Å². The molecule has 0 aromatic carbocycles. The lowest BCUT2D eigenvalue weighted by molar-refractivity contribution is 0.0132. The van der Waals surface area contributed by atoms with Crippen LogP contribution in [-0.2, 0) is 4.74 Å². The Hall–Kier alpha value is -0.120. The molecule has 1 heterocycles. The quantitative estimate of drug-likeness (QED) is 0.781. The van der Waals surface area contributed by atoms with Crippen LogP contribution < -0.4 is 11.1 Å². The second-order valence-corrected chi connectivity index (χ2v) is 8.73. The summed E-state index contributed by atoms with van der Waals surface area (Å²) < 4.78 is 5.92. The van der Waals surface area contributed by atoms with Crippen molar-refractivity contribution >= 4 is 0 Å². The number of nitrogens with one attached hydrogen (secondary N) is 1. The molecule has 1 saturated heterocycles. The van der Waals surface area contributed by atoms with E-state index in [0.29, 0.717) is 5.41 Å². The standard InChI is InChI=1S/C18H36N2O/c1-16(2,3)15-7-5-10-18(13-19,11-8-15)20-14-17(4)9-6-12-21-17/h15,20H,5-14,19H2,1-4H3. The van der Waals surface area contributed by atoms with Crippen molar-refractivity contribution in [1.29, 1.82) is 0 Å². The molecule has 1 saturated carbocycles. The van der Waals surface area contributed by atoms with E-state index >= 15 is 0 Å². The van der Waals surface area contributed by atoms with E-state index in [-0.39, 0.29) is 11.1 Å². The summed E-state index contributed by atoms with van der Waals surface area (Å²) in [5.74, 6) is 0.825. The van der Waals surface area contributed by atoms with Gasteiger partial charge in [-0.05, 0) is 56.8 Å². The Balaban J connectivity index is 1.94. The molecule has 0 aromatic heterocycles. The smallest absolute Gasteiger partial charge is 0.0779 e. The SMILES string of the molecule is CC1(CNC2(CN)CCCC(C(C)(C)C)CC2)CCCO1. The molecule has 0 radical (unpaired) electrons. The van der Waals surface area contributed by atoms with Gasteiger partial charge in [0.2, 0.25) is 0 Å². The molecule has 0 spiro atoms. The molecule has 3 unspecified atom stereocenters. The molecule has 0 amide bonds. The third-order valence-corrected chi connectivity index (χ3v) is 5.93. The van der Waals surface area contributed by atoms with Crippen LogP contribution in [0.2, 0.25) is 0 Å². The zero-order valence-corrected chi connectivity index (χ0v) is 14.6. The molecule has 21 heavy (non-hydrogen) atoms. The molecular formula is C18H36N2O. The van der Waals surface area contributed by atoms with Gasteiger partial charge in [0.1, 0.15) is 0 Å². The molecule has 124 valence electrons. The molecule has 0 aromatic rings. The lowest BCUT2D eigenvalue weighted by atomic mass is 9.76. The Kier molecular flexibility index (Phi) is 5.38. The Morgan fingerprint density at radius 2 is 1.90 bits per heavy atom. The van der Waals surface area contributed by atoms with Crippen molar-refractivity contribution in [1.82, 2.24) is 5.32 Å². The second-order valence-electron chi connectivity index (χ2n) is 8.73. The van der Waals surface area contributed by atoms with E-state index in [1.54, 1.807) is 0 Å². The third-order valence-electron chi connectivity index (χ3n) is 5.93. The van der Waals surface area contributed by atoms with Gasteiger partial charge in [0.15, 0.2) is 0 Å². The summed E-state index contributed by atoms with van der Waals surface area (Å²) in [6, 6.07) is 0. The normalized spacial score (nSPS) is 38.4. The van der Waals surface area contributed by atoms with E-state index in [2.05, 4.69) is 33.0 Å². The van der Waals surface area contributed by atoms with E-state index in [4.69, 9.17) is 10.5 Å². The first-order chi connectivity index (χ1) is 9.79. The van der Waals surface area contributed by atoms with Crippen molar-refractivity contribution in [2.75, 3.05) is 19.7 Å². The molecular weight excluding hydrogens is 260 g/mol. The number of hydrogen-bond acceptors (Lipinski definition) is 3. The molecule has 1 aliphatic heterocycles. The fourth-order valence-corrected chi connectivity index (χ4v) is 4.08. The van der Waals surface area contributed by atoms with Crippen LogP contribution in [0.5, 0.6) is 0 Å². The summed E-state index contributed by atoms with van der Waals surface area (Å²) in [6.45, 7) is 12.0. The molecule has 3 atom stereocenters. The third kappa shape index (κ3) is 4.43. The number of ether oxygens (including phenoxy) is 1. The van der Waals surface area contributed by atoms with Crippen LogP contribution in [0.3, 0.4) is 0 Å². The molecule has 2 fully saturated rings. The number of nitrogens with two attached hydrogens (primary N) is 1. The van der Waals surface area contributed by atoms with Crippen molar-refractivity contribution < 1.29 is 4.74 Å². The summed E-state index contributed by atoms with van der Waals surface area (Å²) in [5.41, 5.74) is 6.77. The lowest BCUT2D eigenvalue weighted by Crippen LogP contribution is -2.55. The zero-order valence-electron chi connectivity index (χ0n) is 14.6. The number of hydrogen-bond donors (Lipinski definition) is 2. The predicted octanol–water partition coefficient (Wildman–Crippen LogP) is 3.47. The van der Waals surface area contributed by atoms with Gasteiger partial charge in [0.25, 0.3) is 0 Å².